The summed E-state index contributed by atoms with van der Waals surface area (Å²) in [4.78, 5) is 36.2. The Balaban J connectivity index is 0.00000368. The van der Waals surface area contributed by atoms with Gasteiger partial charge in [-0.25, -0.2) is 9.59 Å². The fourth-order valence-electron chi connectivity index (χ4n) is 5.42. The molecule has 2 aromatic heterocycles. The van der Waals surface area contributed by atoms with Crippen molar-refractivity contribution in [3.05, 3.63) is 72.3 Å². The van der Waals surface area contributed by atoms with Crippen molar-refractivity contribution < 1.29 is 19.1 Å². The first-order valence-corrected chi connectivity index (χ1v) is 15.9. The number of unbranched alkanes of at least 4 members (excludes halogenated alkanes) is 9. The predicted molar refractivity (Wildman–Crippen MR) is 197 cm³/mol. The van der Waals surface area contributed by atoms with Crippen LogP contribution in [-0.2, 0) is 12.8 Å². The van der Waals surface area contributed by atoms with Crippen molar-refractivity contribution in [1.82, 2.24) is 19.8 Å². The number of hydrogen-bond acceptors (Lipinski definition) is 6. The summed E-state index contributed by atoms with van der Waals surface area (Å²) in [5, 5.41) is 3.97. The molecular formula is C36H48Br2N4O4. The van der Waals surface area contributed by atoms with Crippen LogP contribution in [0, 0.1) is 0 Å². The lowest BCUT2D eigenvalue weighted by atomic mass is 10.0. The summed E-state index contributed by atoms with van der Waals surface area (Å²) in [6.45, 7) is 0. The molecule has 46 heavy (non-hydrogen) atoms. The number of pyridine rings is 2. The molecule has 0 saturated carbocycles. The second kappa shape index (κ2) is 20.1. The van der Waals surface area contributed by atoms with Crippen LogP contribution in [0.15, 0.2) is 60.9 Å². The van der Waals surface area contributed by atoms with Crippen molar-refractivity contribution in [3.63, 3.8) is 0 Å². The van der Waals surface area contributed by atoms with Gasteiger partial charge in [-0.15, -0.1) is 34.0 Å². The van der Waals surface area contributed by atoms with Crippen molar-refractivity contribution in [2.75, 3.05) is 28.2 Å². The van der Waals surface area contributed by atoms with E-state index in [2.05, 4.69) is 22.1 Å². The molecule has 0 fully saturated rings. The van der Waals surface area contributed by atoms with E-state index in [-0.39, 0.29) is 46.1 Å². The molecular weight excluding hydrogens is 712 g/mol. The summed E-state index contributed by atoms with van der Waals surface area (Å²) in [6, 6.07) is 15.5. The van der Waals surface area contributed by atoms with Crippen LogP contribution in [0.4, 0.5) is 9.59 Å². The molecule has 4 rings (SSSR count). The summed E-state index contributed by atoms with van der Waals surface area (Å²) in [6.07, 6.45) is 16.9. The van der Waals surface area contributed by atoms with E-state index in [0.29, 0.717) is 11.5 Å². The van der Waals surface area contributed by atoms with E-state index in [4.69, 9.17) is 9.47 Å². The summed E-state index contributed by atoms with van der Waals surface area (Å²) >= 11 is 0. The number of halogens is 2. The van der Waals surface area contributed by atoms with Crippen LogP contribution in [0.2, 0.25) is 0 Å². The Labute approximate surface area is 294 Å². The minimum atomic E-state index is -0.379. The van der Waals surface area contributed by atoms with Crippen molar-refractivity contribution in [3.8, 4) is 11.5 Å². The second-order valence-corrected chi connectivity index (χ2v) is 11.8. The number of carbonyl (C=O) groups excluding carboxylic acids is 2. The SMILES string of the molecule is Br.Br.CN(C)C(=O)Oc1cccc2c(CCCCCCCCCCCCc3nccc4c(OC(=O)N(C)C)cccc34)nccc12. The number of aromatic nitrogens is 2. The molecule has 0 aliphatic heterocycles. The van der Waals surface area contributed by atoms with E-state index < -0.39 is 0 Å². The van der Waals surface area contributed by atoms with Gasteiger partial charge in [-0.05, 0) is 49.9 Å². The highest BCUT2D eigenvalue weighted by Crippen LogP contribution is 2.29. The normalized spacial score (nSPS) is 10.6. The minimum Gasteiger partial charge on any atom is -0.410 e. The zero-order valence-corrected chi connectivity index (χ0v) is 30.9. The summed E-state index contributed by atoms with van der Waals surface area (Å²) in [7, 11) is 6.72. The van der Waals surface area contributed by atoms with Crippen molar-refractivity contribution in [2.24, 2.45) is 0 Å². The smallest absolute Gasteiger partial charge is 0.410 e. The van der Waals surface area contributed by atoms with Crippen molar-refractivity contribution in [1.29, 1.82) is 0 Å². The number of benzene rings is 2. The Morgan fingerprint density at radius 2 is 0.870 bits per heavy atom. The molecule has 0 aliphatic rings. The topological polar surface area (TPSA) is 84.9 Å². The fraction of sp³-hybridized carbons (Fsp3) is 0.444. The van der Waals surface area contributed by atoms with Gasteiger partial charge in [0, 0.05) is 73.5 Å². The first-order chi connectivity index (χ1) is 21.3. The standard InChI is InChI=1S/C36H46N4O4.2BrH/c1-39(2)35(41)43-33-21-15-17-27-29(33)23-25-37-31(27)19-13-11-9-7-5-6-8-10-12-14-20-32-28-18-16-22-34(30(28)24-26-38-32)44-36(42)40(3)4;;/h15-18,21-26H,5-14,19-20H2,1-4H3;2*1H. The number of fused-ring (bicyclic) bond motifs is 2. The molecule has 0 spiro atoms. The number of carbonyl (C=O) groups is 2. The maximum atomic E-state index is 12.0. The van der Waals surface area contributed by atoms with Gasteiger partial charge in [0.1, 0.15) is 11.5 Å². The van der Waals surface area contributed by atoms with Gasteiger partial charge in [0.2, 0.25) is 0 Å². The molecule has 0 unspecified atom stereocenters. The number of aryl methyl sites for hydroxylation is 2. The number of amides is 2. The van der Waals surface area contributed by atoms with E-state index in [1.807, 2.05) is 48.8 Å². The number of ether oxygens (including phenoxy) is 2. The molecule has 2 amide bonds. The molecule has 0 bridgehead atoms. The van der Waals surface area contributed by atoms with Crippen LogP contribution in [0.25, 0.3) is 21.5 Å². The highest BCUT2D eigenvalue weighted by atomic mass is 79.9. The molecule has 0 N–H and O–H groups in total. The van der Waals surface area contributed by atoms with Gasteiger partial charge in [0.25, 0.3) is 0 Å². The van der Waals surface area contributed by atoms with Gasteiger partial charge >= 0.3 is 12.2 Å². The van der Waals surface area contributed by atoms with Crippen LogP contribution in [0.3, 0.4) is 0 Å². The molecule has 10 heteroatoms. The molecule has 4 aromatic rings. The third kappa shape index (κ3) is 11.2. The fourth-order valence-corrected chi connectivity index (χ4v) is 5.42. The Morgan fingerprint density at radius 1 is 0.522 bits per heavy atom. The highest BCUT2D eigenvalue weighted by Gasteiger charge is 2.13. The van der Waals surface area contributed by atoms with Crippen LogP contribution in [-0.4, -0.2) is 60.1 Å². The first kappa shape index (κ1) is 38.9. The molecule has 2 aromatic carbocycles. The van der Waals surface area contributed by atoms with Gasteiger partial charge in [0.05, 0.1) is 0 Å². The lowest BCUT2D eigenvalue weighted by Gasteiger charge is -2.13. The predicted octanol–water partition coefficient (Wildman–Crippen LogP) is 9.75. The lowest BCUT2D eigenvalue weighted by molar-refractivity contribution is 0.171. The summed E-state index contributed by atoms with van der Waals surface area (Å²) in [5.41, 5.74) is 2.13. The van der Waals surface area contributed by atoms with Gasteiger partial charge in [-0.3, -0.25) is 9.97 Å². The molecule has 0 radical (unpaired) electrons. The quantitative estimate of drug-likeness (QED) is 0.112. The van der Waals surface area contributed by atoms with E-state index in [1.165, 1.54) is 61.2 Å². The zero-order chi connectivity index (χ0) is 31.3. The Morgan fingerprint density at radius 3 is 1.22 bits per heavy atom. The van der Waals surface area contributed by atoms with Gasteiger partial charge < -0.3 is 19.3 Å². The molecule has 2 heterocycles. The van der Waals surface area contributed by atoms with Gasteiger partial charge in [0.15, 0.2) is 0 Å². The maximum absolute atomic E-state index is 12.0. The molecule has 0 atom stereocenters. The Hall–Kier alpha value is -3.24. The van der Waals surface area contributed by atoms with Gasteiger partial charge in [-0.2, -0.15) is 0 Å². The molecule has 0 saturated heterocycles. The number of rotatable bonds is 15. The molecule has 8 nitrogen and oxygen atoms in total. The minimum absolute atomic E-state index is 0. The maximum Gasteiger partial charge on any atom is 0.414 e. The van der Waals surface area contributed by atoms with Crippen molar-refractivity contribution >= 4 is 67.7 Å². The van der Waals surface area contributed by atoms with E-state index in [1.54, 1.807) is 28.2 Å². The van der Waals surface area contributed by atoms with Crippen LogP contribution < -0.4 is 9.47 Å². The Kier molecular flexibility index (Phi) is 17.0. The van der Waals surface area contributed by atoms with E-state index in [0.717, 1.165) is 58.6 Å². The average Bonchev–Trinajstić information content (AvgIpc) is 3.02. The van der Waals surface area contributed by atoms with Crippen LogP contribution >= 0.6 is 34.0 Å². The first-order valence-electron chi connectivity index (χ1n) is 15.9. The van der Waals surface area contributed by atoms with E-state index >= 15 is 0 Å². The summed E-state index contributed by atoms with van der Waals surface area (Å²) < 4.78 is 11.1. The lowest BCUT2D eigenvalue weighted by Crippen LogP contribution is -2.25. The zero-order valence-electron chi connectivity index (χ0n) is 27.5. The monoisotopic (exact) mass is 758 g/mol. The average molecular weight is 761 g/mol. The van der Waals surface area contributed by atoms with Crippen LogP contribution in [0.5, 0.6) is 11.5 Å². The largest absolute Gasteiger partial charge is 0.414 e. The summed E-state index contributed by atoms with van der Waals surface area (Å²) in [5.74, 6) is 1.15. The number of nitrogens with zero attached hydrogens (tertiary/aromatic N) is 4. The number of hydrogen-bond donors (Lipinski definition) is 0. The van der Waals surface area contributed by atoms with Crippen LogP contribution in [0.1, 0.15) is 75.6 Å². The van der Waals surface area contributed by atoms with E-state index in [9.17, 15) is 9.59 Å². The third-order valence-electron chi connectivity index (χ3n) is 7.90. The molecule has 0 aliphatic carbocycles. The Bertz CT molecular complexity index is 1430. The van der Waals surface area contributed by atoms with Gasteiger partial charge in [-0.1, -0.05) is 75.6 Å². The third-order valence-corrected chi connectivity index (χ3v) is 7.90. The second-order valence-electron chi connectivity index (χ2n) is 11.8. The molecule has 250 valence electrons. The van der Waals surface area contributed by atoms with Crippen molar-refractivity contribution in [2.45, 2.75) is 77.0 Å². The highest BCUT2D eigenvalue weighted by molar-refractivity contribution is 8.93.